The fourth-order valence-electron chi connectivity index (χ4n) is 1.71. The molecule has 0 saturated heterocycles. The lowest BCUT2D eigenvalue weighted by atomic mass is 10.0. The maximum absolute atomic E-state index is 12.9. The molecule has 0 saturated carbocycles. The molecule has 18 heavy (non-hydrogen) atoms. The van der Waals surface area contributed by atoms with Crippen molar-refractivity contribution in [1.29, 1.82) is 0 Å². The predicted octanol–water partition coefficient (Wildman–Crippen LogP) is 4.47. The van der Waals surface area contributed by atoms with Crippen molar-refractivity contribution >= 4 is 11.6 Å². The summed E-state index contributed by atoms with van der Waals surface area (Å²) in [6.07, 6.45) is -5.23. The van der Waals surface area contributed by atoms with Crippen molar-refractivity contribution in [3.05, 3.63) is 34.6 Å². The predicted molar refractivity (Wildman–Crippen MR) is 63.1 cm³/mol. The van der Waals surface area contributed by atoms with E-state index in [1.807, 2.05) is 0 Å². The Morgan fingerprint density at radius 3 is 2.50 bits per heavy atom. The number of hydrogen-bond donors (Lipinski definition) is 1. The third-order valence-corrected chi connectivity index (χ3v) is 2.83. The maximum atomic E-state index is 12.9. The van der Waals surface area contributed by atoms with Crippen molar-refractivity contribution in [1.82, 2.24) is 5.32 Å². The molecule has 1 unspecified atom stereocenters. The Labute approximate surface area is 108 Å². The fraction of sp³-hybridized carbons (Fsp3) is 0.500. The van der Waals surface area contributed by atoms with E-state index in [9.17, 15) is 17.6 Å². The number of benzene rings is 1. The Balaban J connectivity index is 2.83. The van der Waals surface area contributed by atoms with Crippen LogP contribution in [0.25, 0.3) is 0 Å². The molecule has 0 aliphatic heterocycles. The molecule has 1 aromatic carbocycles. The van der Waals surface area contributed by atoms with Crippen LogP contribution in [0.2, 0.25) is 5.02 Å². The average molecular weight is 284 g/mol. The minimum Gasteiger partial charge on any atom is -0.310 e. The molecule has 0 aromatic heterocycles. The van der Waals surface area contributed by atoms with E-state index in [2.05, 4.69) is 5.32 Å². The van der Waals surface area contributed by atoms with Crippen molar-refractivity contribution in [2.45, 2.75) is 32.0 Å². The third kappa shape index (κ3) is 4.82. The van der Waals surface area contributed by atoms with E-state index in [1.165, 1.54) is 12.1 Å². The van der Waals surface area contributed by atoms with Gasteiger partial charge in [-0.2, -0.15) is 13.2 Å². The summed E-state index contributed by atoms with van der Waals surface area (Å²) < 4.78 is 49.5. The Bertz CT molecular complexity index is 392. The summed E-state index contributed by atoms with van der Waals surface area (Å²) in [5.74, 6) is -0.505. The SMILES string of the molecule is CCNC(CCC(F)(F)F)c1ccc(F)cc1Cl. The van der Waals surface area contributed by atoms with Crippen LogP contribution >= 0.6 is 11.6 Å². The van der Waals surface area contributed by atoms with Gasteiger partial charge in [-0.3, -0.25) is 0 Å². The highest BCUT2D eigenvalue weighted by molar-refractivity contribution is 6.31. The normalized spacial score (nSPS) is 13.7. The quantitative estimate of drug-likeness (QED) is 0.786. The summed E-state index contributed by atoms with van der Waals surface area (Å²) in [5.41, 5.74) is 0.490. The van der Waals surface area contributed by atoms with Crippen LogP contribution in [0.15, 0.2) is 18.2 Å². The highest BCUT2D eigenvalue weighted by atomic mass is 35.5. The molecular formula is C12H14ClF4N. The summed E-state index contributed by atoms with van der Waals surface area (Å²) in [4.78, 5) is 0. The summed E-state index contributed by atoms with van der Waals surface area (Å²) >= 11 is 5.85. The van der Waals surface area contributed by atoms with E-state index in [0.717, 1.165) is 6.07 Å². The van der Waals surface area contributed by atoms with Crippen LogP contribution in [0.1, 0.15) is 31.4 Å². The van der Waals surface area contributed by atoms with Gasteiger partial charge in [-0.25, -0.2) is 4.39 Å². The minimum atomic E-state index is -4.21. The Morgan fingerprint density at radius 1 is 1.33 bits per heavy atom. The van der Waals surface area contributed by atoms with Crippen LogP contribution in [-0.2, 0) is 0 Å². The molecule has 0 aliphatic rings. The number of hydrogen-bond acceptors (Lipinski definition) is 1. The van der Waals surface area contributed by atoms with Gasteiger partial charge in [0.1, 0.15) is 5.82 Å². The van der Waals surface area contributed by atoms with Gasteiger partial charge in [-0.05, 0) is 30.7 Å². The van der Waals surface area contributed by atoms with Gasteiger partial charge in [-0.1, -0.05) is 24.6 Å². The maximum Gasteiger partial charge on any atom is 0.389 e. The minimum absolute atomic E-state index is 0.122. The van der Waals surface area contributed by atoms with E-state index < -0.39 is 24.5 Å². The van der Waals surface area contributed by atoms with E-state index in [1.54, 1.807) is 6.92 Å². The first-order valence-corrected chi connectivity index (χ1v) is 5.96. The van der Waals surface area contributed by atoms with Crippen LogP contribution in [0.4, 0.5) is 17.6 Å². The molecule has 1 N–H and O–H groups in total. The Morgan fingerprint density at radius 2 is 2.00 bits per heavy atom. The van der Waals surface area contributed by atoms with Crippen molar-refractivity contribution < 1.29 is 17.6 Å². The molecule has 0 heterocycles. The zero-order chi connectivity index (χ0) is 13.8. The third-order valence-electron chi connectivity index (χ3n) is 2.50. The van der Waals surface area contributed by atoms with Crippen LogP contribution in [0.3, 0.4) is 0 Å². The fourth-order valence-corrected chi connectivity index (χ4v) is 2.00. The highest BCUT2D eigenvalue weighted by Gasteiger charge is 2.29. The molecule has 0 spiro atoms. The molecule has 0 bridgehead atoms. The molecule has 1 aromatic rings. The van der Waals surface area contributed by atoms with Gasteiger partial charge >= 0.3 is 6.18 Å². The highest BCUT2D eigenvalue weighted by Crippen LogP contribution is 2.31. The van der Waals surface area contributed by atoms with Crippen molar-refractivity contribution in [2.24, 2.45) is 0 Å². The molecule has 0 fully saturated rings. The zero-order valence-corrected chi connectivity index (χ0v) is 10.6. The Kier molecular flexibility index (Phi) is 5.41. The molecule has 1 nitrogen and oxygen atoms in total. The largest absolute Gasteiger partial charge is 0.389 e. The number of halogens is 5. The Hall–Kier alpha value is -0.810. The molecule has 102 valence electrons. The summed E-state index contributed by atoms with van der Waals surface area (Å²) in [7, 11) is 0. The van der Waals surface area contributed by atoms with E-state index in [4.69, 9.17) is 11.6 Å². The average Bonchev–Trinajstić information content (AvgIpc) is 2.24. The lowest BCUT2D eigenvalue weighted by Crippen LogP contribution is -2.23. The van der Waals surface area contributed by atoms with E-state index >= 15 is 0 Å². The van der Waals surface area contributed by atoms with Gasteiger partial charge in [0.25, 0.3) is 0 Å². The number of rotatable bonds is 5. The van der Waals surface area contributed by atoms with Gasteiger partial charge < -0.3 is 5.32 Å². The smallest absolute Gasteiger partial charge is 0.310 e. The van der Waals surface area contributed by atoms with Crippen LogP contribution in [-0.4, -0.2) is 12.7 Å². The van der Waals surface area contributed by atoms with E-state index in [0.29, 0.717) is 12.1 Å². The summed E-state index contributed by atoms with van der Waals surface area (Å²) in [6.45, 7) is 2.30. The first kappa shape index (κ1) is 15.2. The topological polar surface area (TPSA) is 12.0 Å². The molecule has 0 amide bonds. The van der Waals surface area contributed by atoms with Crippen molar-refractivity contribution in [3.63, 3.8) is 0 Å². The molecule has 6 heteroatoms. The molecule has 1 rings (SSSR count). The van der Waals surface area contributed by atoms with Crippen molar-refractivity contribution in [2.75, 3.05) is 6.54 Å². The first-order chi connectivity index (χ1) is 8.33. The van der Waals surface area contributed by atoms with Gasteiger partial charge in [-0.15, -0.1) is 0 Å². The molecule has 0 aliphatic carbocycles. The van der Waals surface area contributed by atoms with Crippen LogP contribution in [0, 0.1) is 5.82 Å². The monoisotopic (exact) mass is 283 g/mol. The second kappa shape index (κ2) is 6.38. The lowest BCUT2D eigenvalue weighted by molar-refractivity contribution is -0.136. The van der Waals surface area contributed by atoms with Gasteiger partial charge in [0.15, 0.2) is 0 Å². The summed E-state index contributed by atoms with van der Waals surface area (Å²) in [6, 6.07) is 3.19. The second-order valence-corrected chi connectivity index (χ2v) is 4.34. The first-order valence-electron chi connectivity index (χ1n) is 5.58. The van der Waals surface area contributed by atoms with E-state index in [-0.39, 0.29) is 11.4 Å². The van der Waals surface area contributed by atoms with Crippen LogP contribution < -0.4 is 5.32 Å². The van der Waals surface area contributed by atoms with Gasteiger partial charge in [0.05, 0.1) is 0 Å². The van der Waals surface area contributed by atoms with Gasteiger partial charge in [0.2, 0.25) is 0 Å². The van der Waals surface area contributed by atoms with Crippen LogP contribution in [0.5, 0.6) is 0 Å². The molecule has 0 radical (unpaired) electrons. The van der Waals surface area contributed by atoms with Crippen molar-refractivity contribution in [3.8, 4) is 0 Å². The summed E-state index contributed by atoms with van der Waals surface area (Å²) in [5, 5.41) is 3.07. The van der Waals surface area contributed by atoms with Gasteiger partial charge in [0, 0.05) is 17.5 Å². The molecular weight excluding hydrogens is 270 g/mol. The zero-order valence-electron chi connectivity index (χ0n) is 9.82. The number of nitrogens with one attached hydrogen (secondary N) is 1. The second-order valence-electron chi connectivity index (χ2n) is 3.93. The standard InChI is InChI=1S/C12H14ClF4N/c1-2-18-11(5-6-12(15,16)17)9-4-3-8(14)7-10(9)13/h3-4,7,11,18H,2,5-6H2,1H3. The lowest BCUT2D eigenvalue weighted by Gasteiger charge is -2.20. The number of alkyl halides is 3. The molecule has 1 atom stereocenters.